The summed E-state index contributed by atoms with van der Waals surface area (Å²) in [6.45, 7) is 4.11. The SMILES string of the molecule is CC1CCC(N2CC(C(=O)Nc3ccc4c(c3F)CCNC4)CC2=O)CC1. The molecule has 27 heavy (non-hydrogen) atoms. The highest BCUT2D eigenvalue weighted by molar-refractivity contribution is 5.97. The molecule has 0 radical (unpaired) electrons. The second-order valence-corrected chi connectivity index (χ2v) is 8.34. The van der Waals surface area contributed by atoms with Crippen LogP contribution < -0.4 is 10.6 Å². The summed E-state index contributed by atoms with van der Waals surface area (Å²) < 4.78 is 14.8. The molecule has 5 nitrogen and oxygen atoms in total. The summed E-state index contributed by atoms with van der Waals surface area (Å²) in [5, 5.41) is 5.96. The highest BCUT2D eigenvalue weighted by Gasteiger charge is 2.39. The topological polar surface area (TPSA) is 61.4 Å². The van der Waals surface area contributed by atoms with Crippen LogP contribution in [0.3, 0.4) is 0 Å². The Bertz CT molecular complexity index is 743. The number of benzene rings is 1. The van der Waals surface area contributed by atoms with Crippen molar-refractivity contribution in [1.29, 1.82) is 0 Å². The molecule has 1 saturated heterocycles. The fraction of sp³-hybridized carbons (Fsp3) is 0.619. The van der Waals surface area contributed by atoms with E-state index >= 15 is 0 Å². The molecular weight excluding hydrogens is 345 g/mol. The Hall–Kier alpha value is -1.95. The number of likely N-dealkylation sites (tertiary alicyclic amines) is 1. The maximum Gasteiger partial charge on any atom is 0.229 e. The van der Waals surface area contributed by atoms with E-state index in [1.807, 2.05) is 11.0 Å². The van der Waals surface area contributed by atoms with E-state index in [4.69, 9.17) is 0 Å². The zero-order valence-corrected chi connectivity index (χ0v) is 15.9. The van der Waals surface area contributed by atoms with Gasteiger partial charge in [-0.3, -0.25) is 9.59 Å². The molecule has 1 unspecified atom stereocenters. The monoisotopic (exact) mass is 373 g/mol. The van der Waals surface area contributed by atoms with Crippen LogP contribution in [0.15, 0.2) is 12.1 Å². The van der Waals surface area contributed by atoms with Crippen molar-refractivity contribution >= 4 is 17.5 Å². The van der Waals surface area contributed by atoms with Gasteiger partial charge in [0.15, 0.2) is 0 Å². The summed E-state index contributed by atoms with van der Waals surface area (Å²) in [5.74, 6) is -0.187. The van der Waals surface area contributed by atoms with Gasteiger partial charge in [-0.25, -0.2) is 4.39 Å². The van der Waals surface area contributed by atoms with Crippen molar-refractivity contribution in [3.05, 3.63) is 29.1 Å². The molecule has 1 aliphatic carbocycles. The Morgan fingerprint density at radius 1 is 1.26 bits per heavy atom. The summed E-state index contributed by atoms with van der Waals surface area (Å²) in [7, 11) is 0. The summed E-state index contributed by atoms with van der Waals surface area (Å²) in [4.78, 5) is 27.0. The van der Waals surface area contributed by atoms with Crippen molar-refractivity contribution in [2.45, 2.75) is 58.0 Å². The Balaban J connectivity index is 1.41. The van der Waals surface area contributed by atoms with E-state index in [-0.39, 0.29) is 35.8 Å². The van der Waals surface area contributed by atoms with Crippen LogP contribution in [0.1, 0.15) is 50.2 Å². The van der Waals surface area contributed by atoms with Crippen LogP contribution in [0.2, 0.25) is 0 Å². The Labute approximate surface area is 159 Å². The molecule has 3 aliphatic rings. The van der Waals surface area contributed by atoms with E-state index in [9.17, 15) is 14.0 Å². The predicted octanol–water partition coefficient (Wildman–Crippen LogP) is 2.84. The summed E-state index contributed by atoms with van der Waals surface area (Å²) in [6, 6.07) is 3.77. The Kier molecular flexibility index (Phi) is 5.17. The van der Waals surface area contributed by atoms with Crippen LogP contribution in [-0.4, -0.2) is 35.8 Å². The van der Waals surface area contributed by atoms with E-state index in [1.54, 1.807) is 6.07 Å². The number of nitrogens with one attached hydrogen (secondary N) is 2. The average molecular weight is 373 g/mol. The molecule has 0 spiro atoms. The molecule has 1 aromatic rings. The van der Waals surface area contributed by atoms with Crippen LogP contribution >= 0.6 is 0 Å². The highest BCUT2D eigenvalue weighted by atomic mass is 19.1. The number of nitrogens with zero attached hydrogens (tertiary/aromatic N) is 1. The number of halogens is 1. The van der Waals surface area contributed by atoms with E-state index in [0.717, 1.165) is 43.7 Å². The fourth-order valence-corrected chi connectivity index (χ4v) is 4.68. The van der Waals surface area contributed by atoms with Gasteiger partial charge in [0.2, 0.25) is 11.8 Å². The van der Waals surface area contributed by atoms with E-state index < -0.39 is 5.92 Å². The molecule has 2 amide bonds. The van der Waals surface area contributed by atoms with E-state index in [1.165, 1.54) is 0 Å². The minimum Gasteiger partial charge on any atom is -0.339 e. The molecule has 1 saturated carbocycles. The summed E-state index contributed by atoms with van der Waals surface area (Å²) in [6.07, 6.45) is 5.18. The summed E-state index contributed by atoms with van der Waals surface area (Å²) >= 11 is 0. The number of fused-ring (bicyclic) bond motifs is 1. The number of carbonyl (C=O) groups excluding carboxylic acids is 2. The predicted molar refractivity (Wildman–Crippen MR) is 102 cm³/mol. The van der Waals surface area contributed by atoms with Crippen molar-refractivity contribution in [1.82, 2.24) is 10.2 Å². The Morgan fingerprint density at radius 2 is 2.04 bits per heavy atom. The quantitative estimate of drug-likeness (QED) is 0.857. The largest absolute Gasteiger partial charge is 0.339 e. The highest BCUT2D eigenvalue weighted by Crippen LogP contribution is 2.32. The third kappa shape index (κ3) is 3.72. The van der Waals surface area contributed by atoms with Crippen LogP contribution in [0.5, 0.6) is 0 Å². The van der Waals surface area contributed by atoms with Gasteiger partial charge in [-0.1, -0.05) is 13.0 Å². The van der Waals surface area contributed by atoms with Crippen LogP contribution in [0, 0.1) is 17.7 Å². The van der Waals surface area contributed by atoms with Gasteiger partial charge in [-0.05, 0) is 61.8 Å². The molecule has 4 rings (SSSR count). The normalized spacial score (nSPS) is 28.1. The lowest BCUT2D eigenvalue weighted by Crippen LogP contribution is -2.39. The second kappa shape index (κ2) is 7.58. The van der Waals surface area contributed by atoms with Gasteiger partial charge in [-0.15, -0.1) is 0 Å². The standard InChI is InChI=1S/C21H28FN3O2/c1-13-2-5-16(6-3-13)25-12-15(10-19(25)26)21(27)24-18-7-4-14-11-23-9-8-17(14)20(18)22/h4,7,13,15-16,23H,2-3,5-6,8-12H2,1H3,(H,24,27). The van der Waals surface area contributed by atoms with Crippen LogP contribution in [0.25, 0.3) is 0 Å². The number of carbonyl (C=O) groups is 2. The zero-order chi connectivity index (χ0) is 19.0. The van der Waals surface area contributed by atoms with Crippen molar-refractivity contribution in [2.75, 3.05) is 18.4 Å². The molecule has 6 heteroatoms. The molecule has 2 heterocycles. The van der Waals surface area contributed by atoms with E-state index in [0.29, 0.717) is 25.1 Å². The first kappa shape index (κ1) is 18.4. The van der Waals surface area contributed by atoms with Gasteiger partial charge in [0.25, 0.3) is 0 Å². The third-order valence-electron chi connectivity index (χ3n) is 6.42. The number of hydrogen-bond donors (Lipinski definition) is 2. The van der Waals surface area contributed by atoms with Crippen LogP contribution in [0.4, 0.5) is 10.1 Å². The second-order valence-electron chi connectivity index (χ2n) is 8.34. The fourth-order valence-electron chi connectivity index (χ4n) is 4.68. The molecule has 0 bridgehead atoms. The third-order valence-corrected chi connectivity index (χ3v) is 6.42. The van der Waals surface area contributed by atoms with E-state index in [2.05, 4.69) is 17.6 Å². The maximum atomic E-state index is 14.8. The molecule has 2 fully saturated rings. The molecular formula is C21H28FN3O2. The van der Waals surface area contributed by atoms with Gasteiger partial charge >= 0.3 is 0 Å². The number of anilines is 1. The van der Waals surface area contributed by atoms with Gasteiger partial charge in [0.05, 0.1) is 11.6 Å². The van der Waals surface area contributed by atoms with Crippen molar-refractivity contribution in [3.8, 4) is 0 Å². The summed E-state index contributed by atoms with van der Waals surface area (Å²) in [5.41, 5.74) is 1.87. The smallest absolute Gasteiger partial charge is 0.229 e. The van der Waals surface area contributed by atoms with Gasteiger partial charge in [-0.2, -0.15) is 0 Å². The van der Waals surface area contributed by atoms with Gasteiger partial charge < -0.3 is 15.5 Å². The number of rotatable bonds is 3. The molecule has 146 valence electrons. The molecule has 1 aromatic carbocycles. The van der Waals surface area contributed by atoms with Crippen molar-refractivity contribution in [3.63, 3.8) is 0 Å². The lowest BCUT2D eigenvalue weighted by molar-refractivity contribution is -0.130. The minimum absolute atomic E-state index is 0.0618. The van der Waals surface area contributed by atoms with Crippen LogP contribution in [-0.2, 0) is 22.6 Å². The maximum absolute atomic E-state index is 14.8. The van der Waals surface area contributed by atoms with Gasteiger partial charge in [0.1, 0.15) is 5.82 Å². The average Bonchev–Trinajstić information content (AvgIpc) is 3.07. The Morgan fingerprint density at radius 3 is 2.81 bits per heavy atom. The minimum atomic E-state index is -0.394. The van der Waals surface area contributed by atoms with Gasteiger partial charge in [0, 0.05) is 25.6 Å². The molecule has 1 atom stereocenters. The first-order valence-corrected chi connectivity index (χ1v) is 10.1. The van der Waals surface area contributed by atoms with Crippen molar-refractivity contribution in [2.24, 2.45) is 11.8 Å². The molecule has 0 aromatic heterocycles. The van der Waals surface area contributed by atoms with Crippen molar-refractivity contribution < 1.29 is 14.0 Å². The molecule has 2 aliphatic heterocycles. The molecule has 2 N–H and O–H groups in total. The first-order chi connectivity index (χ1) is 13.0. The zero-order valence-electron chi connectivity index (χ0n) is 15.9. The number of hydrogen-bond acceptors (Lipinski definition) is 3. The first-order valence-electron chi connectivity index (χ1n) is 10.1. The lowest BCUT2D eigenvalue weighted by Gasteiger charge is -2.33. The lowest BCUT2D eigenvalue weighted by atomic mass is 9.87. The number of amides is 2.